The van der Waals surface area contributed by atoms with Crippen LogP contribution in [0.3, 0.4) is 0 Å². The SMILES string of the molecule is C=C/C=C/[Si](C)(COC(=O)C=C)CO[Si](C(C)C)(C(C)C)C(C)C. The van der Waals surface area contributed by atoms with Gasteiger partial charge in [-0.2, -0.15) is 0 Å². The van der Waals surface area contributed by atoms with Crippen molar-refractivity contribution in [3.05, 3.63) is 37.1 Å². The summed E-state index contributed by atoms with van der Waals surface area (Å²) in [5, 5.41) is 0. The second-order valence-corrected chi connectivity index (χ2v) is 17.3. The standard InChI is InChI=1S/C19H36O3Si2/c1-10-12-13-23(9,14-21-19(20)11-2)15-22-24(16(3)4,17(5)6)18(7)8/h10-13,16-18H,1-2,14-15H2,3-9H3/b13-12+. The Morgan fingerprint density at radius 1 is 1.00 bits per heavy atom. The van der Waals surface area contributed by atoms with Gasteiger partial charge in [0, 0.05) is 12.3 Å². The summed E-state index contributed by atoms with van der Waals surface area (Å²) in [5.41, 5.74) is 3.76. The Hall–Kier alpha value is -0.916. The summed E-state index contributed by atoms with van der Waals surface area (Å²) in [6.07, 6.45) is 5.99. The van der Waals surface area contributed by atoms with Crippen LogP contribution in [-0.4, -0.2) is 34.8 Å². The smallest absolute Gasteiger partial charge is 0.329 e. The van der Waals surface area contributed by atoms with Crippen LogP contribution < -0.4 is 0 Å². The van der Waals surface area contributed by atoms with Crippen molar-refractivity contribution in [2.24, 2.45) is 0 Å². The molecule has 0 spiro atoms. The maximum atomic E-state index is 11.5. The minimum Gasteiger partial charge on any atom is -0.466 e. The molecule has 1 unspecified atom stereocenters. The van der Waals surface area contributed by atoms with Crippen molar-refractivity contribution < 1.29 is 14.0 Å². The minimum atomic E-state index is -2.03. The number of esters is 1. The number of carbonyl (C=O) groups excluding carboxylic acids is 1. The van der Waals surface area contributed by atoms with Gasteiger partial charge in [-0.3, -0.25) is 0 Å². The molecule has 0 heterocycles. The minimum absolute atomic E-state index is 0.374. The summed E-state index contributed by atoms with van der Waals surface area (Å²) in [6.45, 7) is 23.1. The molecule has 138 valence electrons. The third-order valence-corrected chi connectivity index (χ3v) is 13.7. The molecule has 0 fully saturated rings. The Bertz CT molecular complexity index is 434. The zero-order chi connectivity index (χ0) is 19.0. The Morgan fingerprint density at radius 3 is 1.88 bits per heavy atom. The molecule has 0 saturated carbocycles. The number of allylic oxidation sites excluding steroid dienone is 2. The van der Waals surface area contributed by atoms with E-state index in [0.717, 1.165) is 0 Å². The molecule has 0 rings (SSSR count). The Morgan fingerprint density at radius 2 is 1.50 bits per heavy atom. The zero-order valence-corrected chi connectivity index (χ0v) is 18.6. The summed E-state index contributed by atoms with van der Waals surface area (Å²) < 4.78 is 12.1. The van der Waals surface area contributed by atoms with Gasteiger partial charge in [-0.1, -0.05) is 79.1 Å². The number of hydrogen-bond acceptors (Lipinski definition) is 3. The van der Waals surface area contributed by atoms with Gasteiger partial charge in [0.05, 0.1) is 6.23 Å². The van der Waals surface area contributed by atoms with Gasteiger partial charge < -0.3 is 9.16 Å². The van der Waals surface area contributed by atoms with E-state index in [2.05, 4.69) is 66.9 Å². The van der Waals surface area contributed by atoms with Crippen LogP contribution in [0.2, 0.25) is 23.2 Å². The van der Waals surface area contributed by atoms with E-state index in [9.17, 15) is 4.79 Å². The first-order valence-electron chi connectivity index (χ1n) is 8.79. The predicted octanol–water partition coefficient (Wildman–Crippen LogP) is 5.35. The van der Waals surface area contributed by atoms with Crippen LogP contribution in [0.1, 0.15) is 41.5 Å². The number of carbonyl (C=O) groups is 1. The van der Waals surface area contributed by atoms with Crippen molar-refractivity contribution in [3.63, 3.8) is 0 Å². The first-order valence-corrected chi connectivity index (χ1v) is 13.9. The van der Waals surface area contributed by atoms with E-state index in [1.54, 1.807) is 6.08 Å². The maximum absolute atomic E-state index is 11.5. The quantitative estimate of drug-likeness (QED) is 0.213. The Kier molecular flexibility index (Phi) is 9.77. The molecule has 24 heavy (non-hydrogen) atoms. The molecule has 0 aromatic carbocycles. The van der Waals surface area contributed by atoms with Gasteiger partial charge in [0.1, 0.15) is 8.07 Å². The monoisotopic (exact) mass is 368 g/mol. The lowest BCUT2D eigenvalue weighted by Gasteiger charge is -2.43. The molecule has 1 atom stereocenters. The van der Waals surface area contributed by atoms with E-state index in [-0.39, 0.29) is 5.97 Å². The molecule has 0 amide bonds. The number of ether oxygens (including phenoxy) is 1. The van der Waals surface area contributed by atoms with Crippen LogP contribution in [-0.2, 0) is 14.0 Å². The first kappa shape index (κ1) is 23.1. The molecule has 3 nitrogen and oxygen atoms in total. The summed E-state index contributed by atoms with van der Waals surface area (Å²) in [4.78, 5) is 11.5. The maximum Gasteiger partial charge on any atom is 0.329 e. The summed E-state index contributed by atoms with van der Waals surface area (Å²) in [7, 11) is -3.95. The highest BCUT2D eigenvalue weighted by Crippen LogP contribution is 2.42. The van der Waals surface area contributed by atoms with Gasteiger partial charge in [0.2, 0.25) is 0 Å². The molecule has 0 aliphatic rings. The van der Waals surface area contributed by atoms with Crippen LogP contribution in [0.25, 0.3) is 0 Å². The van der Waals surface area contributed by atoms with Crippen molar-refractivity contribution in [2.45, 2.75) is 64.7 Å². The van der Waals surface area contributed by atoms with Crippen LogP contribution in [0.4, 0.5) is 0 Å². The van der Waals surface area contributed by atoms with Gasteiger partial charge in [-0.15, -0.1) is 0 Å². The number of rotatable bonds is 11. The molecule has 0 aliphatic heterocycles. The molecule has 0 aromatic rings. The van der Waals surface area contributed by atoms with Crippen LogP contribution in [0.15, 0.2) is 37.1 Å². The first-order chi connectivity index (χ1) is 11.1. The lowest BCUT2D eigenvalue weighted by Crippen LogP contribution is -2.53. The normalized spacial score (nSPS) is 15.1. The van der Waals surface area contributed by atoms with Crippen molar-refractivity contribution in [3.8, 4) is 0 Å². The molecular weight excluding hydrogens is 332 g/mol. The van der Waals surface area contributed by atoms with Gasteiger partial charge in [0.15, 0.2) is 8.32 Å². The fourth-order valence-electron chi connectivity index (χ4n) is 3.52. The molecular formula is C19H36O3Si2. The third-order valence-electron chi connectivity index (χ3n) is 4.70. The van der Waals surface area contributed by atoms with E-state index in [1.165, 1.54) is 6.08 Å². The fourth-order valence-corrected chi connectivity index (χ4v) is 12.2. The van der Waals surface area contributed by atoms with Gasteiger partial charge in [-0.05, 0) is 16.6 Å². The zero-order valence-electron chi connectivity index (χ0n) is 16.6. The molecule has 0 radical (unpaired) electrons. The molecule has 5 heteroatoms. The molecule has 0 bridgehead atoms. The topological polar surface area (TPSA) is 35.5 Å². The van der Waals surface area contributed by atoms with Crippen LogP contribution >= 0.6 is 0 Å². The fraction of sp³-hybridized carbons (Fsp3) is 0.632. The largest absolute Gasteiger partial charge is 0.466 e. The highest BCUT2D eigenvalue weighted by molar-refractivity contribution is 6.85. The summed E-state index contributed by atoms with van der Waals surface area (Å²) in [5.74, 6) is -0.374. The highest BCUT2D eigenvalue weighted by Gasteiger charge is 2.46. The lowest BCUT2D eigenvalue weighted by atomic mass is 10.5. The average molecular weight is 369 g/mol. The van der Waals surface area contributed by atoms with Crippen LogP contribution in [0, 0.1) is 0 Å². The highest BCUT2D eigenvalue weighted by atomic mass is 28.4. The molecule has 0 aliphatic carbocycles. The summed E-state index contributed by atoms with van der Waals surface area (Å²) >= 11 is 0. The number of hydrogen-bond donors (Lipinski definition) is 0. The van der Waals surface area contributed by atoms with E-state index in [1.807, 2.05) is 6.08 Å². The van der Waals surface area contributed by atoms with E-state index in [4.69, 9.17) is 9.16 Å². The Labute approximate surface area is 151 Å². The molecule has 0 N–H and O–H groups in total. The summed E-state index contributed by atoms with van der Waals surface area (Å²) in [6, 6.07) is 0. The van der Waals surface area contributed by atoms with Gasteiger partial charge >= 0.3 is 5.97 Å². The third kappa shape index (κ3) is 6.18. The Balaban J connectivity index is 5.39. The van der Waals surface area contributed by atoms with Gasteiger partial charge in [0.25, 0.3) is 0 Å². The van der Waals surface area contributed by atoms with Crippen molar-refractivity contribution in [1.82, 2.24) is 0 Å². The molecule has 0 aromatic heterocycles. The van der Waals surface area contributed by atoms with E-state index >= 15 is 0 Å². The average Bonchev–Trinajstić information content (AvgIpc) is 2.50. The molecule has 0 saturated heterocycles. The lowest BCUT2D eigenvalue weighted by molar-refractivity contribution is -0.136. The van der Waals surface area contributed by atoms with E-state index in [0.29, 0.717) is 29.1 Å². The second-order valence-electron chi connectivity index (χ2n) is 7.67. The van der Waals surface area contributed by atoms with Crippen molar-refractivity contribution >= 4 is 22.4 Å². The second kappa shape index (κ2) is 10.2. The van der Waals surface area contributed by atoms with Crippen LogP contribution in [0.5, 0.6) is 0 Å². The van der Waals surface area contributed by atoms with Crippen molar-refractivity contribution in [1.29, 1.82) is 0 Å². The van der Waals surface area contributed by atoms with E-state index < -0.39 is 16.4 Å². The van der Waals surface area contributed by atoms with Crippen molar-refractivity contribution in [2.75, 3.05) is 12.5 Å². The predicted molar refractivity (Wildman–Crippen MR) is 109 cm³/mol. The van der Waals surface area contributed by atoms with Gasteiger partial charge in [-0.25, -0.2) is 4.79 Å².